The van der Waals surface area contributed by atoms with Gasteiger partial charge in [-0.25, -0.2) is 0 Å². The molecule has 1 aliphatic rings. The Labute approximate surface area is 115 Å². The third-order valence-corrected chi connectivity index (χ3v) is 4.18. The molecule has 3 unspecified atom stereocenters. The lowest BCUT2D eigenvalue weighted by atomic mass is 9.98. The molecule has 0 bridgehead atoms. The second-order valence-corrected chi connectivity index (χ2v) is 5.62. The molecule has 1 saturated heterocycles. The molecule has 1 aromatic rings. The molecule has 0 spiro atoms. The van der Waals surface area contributed by atoms with Crippen molar-refractivity contribution in [2.45, 2.75) is 45.6 Å². The van der Waals surface area contributed by atoms with Crippen LogP contribution in [0.1, 0.15) is 45.1 Å². The topological polar surface area (TPSA) is 41.1 Å². The van der Waals surface area contributed by atoms with Crippen LogP contribution in [0.2, 0.25) is 0 Å². The molecule has 3 atom stereocenters. The number of amides is 1. The van der Waals surface area contributed by atoms with Gasteiger partial charge in [0.05, 0.1) is 6.04 Å². The van der Waals surface area contributed by atoms with Crippen LogP contribution in [0.15, 0.2) is 24.3 Å². The minimum absolute atomic E-state index is 0.0470. The highest BCUT2D eigenvalue weighted by atomic mass is 16.2. The van der Waals surface area contributed by atoms with Crippen LogP contribution in [0.4, 0.5) is 5.69 Å². The molecule has 0 aliphatic carbocycles. The second-order valence-electron chi connectivity index (χ2n) is 5.62. The van der Waals surface area contributed by atoms with E-state index in [-0.39, 0.29) is 11.9 Å². The van der Waals surface area contributed by atoms with Crippen molar-refractivity contribution in [2.24, 2.45) is 5.92 Å². The summed E-state index contributed by atoms with van der Waals surface area (Å²) >= 11 is 0. The second kappa shape index (κ2) is 6.20. The lowest BCUT2D eigenvalue weighted by Crippen LogP contribution is -2.39. The molecule has 1 fully saturated rings. The highest BCUT2D eigenvalue weighted by Gasteiger charge is 2.29. The first-order valence-corrected chi connectivity index (χ1v) is 7.26. The van der Waals surface area contributed by atoms with Gasteiger partial charge in [-0.3, -0.25) is 4.79 Å². The first-order chi connectivity index (χ1) is 9.11. The summed E-state index contributed by atoms with van der Waals surface area (Å²) in [6.45, 7) is 7.47. The van der Waals surface area contributed by atoms with E-state index in [2.05, 4.69) is 43.5 Å². The van der Waals surface area contributed by atoms with Gasteiger partial charge in [0.1, 0.15) is 0 Å². The minimum atomic E-state index is -0.0470. The Kier molecular flexibility index (Phi) is 4.59. The van der Waals surface area contributed by atoms with Crippen molar-refractivity contribution in [3.63, 3.8) is 0 Å². The monoisotopic (exact) mass is 260 g/mol. The average Bonchev–Trinajstić information content (AvgIpc) is 2.85. The van der Waals surface area contributed by atoms with E-state index in [0.29, 0.717) is 11.8 Å². The van der Waals surface area contributed by atoms with Crippen LogP contribution in [0, 0.1) is 5.92 Å². The van der Waals surface area contributed by atoms with Gasteiger partial charge in [-0.15, -0.1) is 0 Å². The van der Waals surface area contributed by atoms with Gasteiger partial charge in [-0.05, 0) is 48.9 Å². The molecule has 19 heavy (non-hydrogen) atoms. The lowest BCUT2D eigenvalue weighted by Gasteiger charge is -2.16. The number of carbonyl (C=O) groups excluding carboxylic acids is 1. The predicted octanol–water partition coefficient (Wildman–Crippen LogP) is 3.14. The maximum atomic E-state index is 12.1. The van der Waals surface area contributed by atoms with Crippen LogP contribution >= 0.6 is 0 Å². The zero-order chi connectivity index (χ0) is 13.8. The summed E-state index contributed by atoms with van der Waals surface area (Å²) in [7, 11) is 0. The smallest absolute Gasteiger partial charge is 0.241 e. The summed E-state index contributed by atoms with van der Waals surface area (Å²) in [6.07, 6.45) is 2.21. The molecule has 1 aliphatic heterocycles. The van der Waals surface area contributed by atoms with Crippen LogP contribution < -0.4 is 10.6 Å². The van der Waals surface area contributed by atoms with Crippen molar-refractivity contribution >= 4 is 11.6 Å². The molecule has 0 aromatic heterocycles. The normalized spacial score (nSPS) is 24.2. The van der Waals surface area contributed by atoms with Crippen molar-refractivity contribution in [3.8, 4) is 0 Å². The predicted molar refractivity (Wildman–Crippen MR) is 79.3 cm³/mol. The zero-order valence-electron chi connectivity index (χ0n) is 12.1. The Morgan fingerprint density at radius 3 is 2.63 bits per heavy atom. The molecule has 104 valence electrons. The fraction of sp³-hybridized carbons (Fsp3) is 0.562. The first kappa shape index (κ1) is 14.1. The summed E-state index contributed by atoms with van der Waals surface area (Å²) in [4.78, 5) is 12.1. The van der Waals surface area contributed by atoms with E-state index in [1.54, 1.807) is 0 Å². The molecule has 3 heteroatoms. The third kappa shape index (κ3) is 3.35. The zero-order valence-corrected chi connectivity index (χ0v) is 12.1. The van der Waals surface area contributed by atoms with E-state index < -0.39 is 0 Å². The van der Waals surface area contributed by atoms with Crippen LogP contribution in [0.25, 0.3) is 0 Å². The largest absolute Gasteiger partial charge is 0.325 e. The Morgan fingerprint density at radius 2 is 2.11 bits per heavy atom. The summed E-state index contributed by atoms with van der Waals surface area (Å²) in [5.41, 5.74) is 2.21. The number of benzene rings is 1. The summed E-state index contributed by atoms with van der Waals surface area (Å²) in [5, 5.41) is 6.25. The van der Waals surface area contributed by atoms with Gasteiger partial charge in [0, 0.05) is 5.69 Å². The molecule has 2 N–H and O–H groups in total. The van der Waals surface area contributed by atoms with E-state index >= 15 is 0 Å². The van der Waals surface area contributed by atoms with Crippen molar-refractivity contribution in [1.82, 2.24) is 5.32 Å². The van der Waals surface area contributed by atoms with Gasteiger partial charge in [-0.2, -0.15) is 0 Å². The number of carbonyl (C=O) groups is 1. The summed E-state index contributed by atoms with van der Waals surface area (Å²) < 4.78 is 0. The van der Waals surface area contributed by atoms with Gasteiger partial charge >= 0.3 is 0 Å². The number of hydrogen-bond acceptors (Lipinski definition) is 2. The van der Waals surface area contributed by atoms with Crippen molar-refractivity contribution in [2.75, 3.05) is 11.9 Å². The first-order valence-electron chi connectivity index (χ1n) is 7.26. The van der Waals surface area contributed by atoms with E-state index in [4.69, 9.17) is 0 Å². The number of hydrogen-bond donors (Lipinski definition) is 2. The van der Waals surface area contributed by atoms with Gasteiger partial charge in [0.15, 0.2) is 0 Å². The summed E-state index contributed by atoms with van der Waals surface area (Å²) in [6, 6.07) is 8.16. The standard InChI is InChI=1S/C16H24N2O/c1-4-11(2)13-5-7-14(8-6-13)18-16(19)15-12(3)9-10-17-15/h5-8,11-12,15,17H,4,9-10H2,1-3H3,(H,18,19). The molecule has 1 aromatic carbocycles. The quantitative estimate of drug-likeness (QED) is 0.873. The Bertz CT molecular complexity index is 427. The Balaban J connectivity index is 1.97. The maximum Gasteiger partial charge on any atom is 0.241 e. The number of nitrogens with one attached hydrogen (secondary N) is 2. The highest BCUT2D eigenvalue weighted by Crippen LogP contribution is 2.21. The van der Waals surface area contributed by atoms with E-state index in [9.17, 15) is 4.79 Å². The van der Waals surface area contributed by atoms with Crippen LogP contribution in [0.5, 0.6) is 0 Å². The SMILES string of the molecule is CCC(C)c1ccc(NC(=O)C2NCCC2C)cc1. The molecule has 0 saturated carbocycles. The fourth-order valence-corrected chi connectivity index (χ4v) is 2.54. The Hall–Kier alpha value is -1.35. The molecule has 2 rings (SSSR count). The Morgan fingerprint density at radius 1 is 1.42 bits per heavy atom. The van der Waals surface area contributed by atoms with Gasteiger partial charge in [0.2, 0.25) is 5.91 Å². The van der Waals surface area contributed by atoms with Crippen LogP contribution in [-0.2, 0) is 4.79 Å². The lowest BCUT2D eigenvalue weighted by molar-refractivity contribution is -0.118. The van der Waals surface area contributed by atoms with E-state index in [0.717, 1.165) is 25.1 Å². The maximum absolute atomic E-state index is 12.1. The molecule has 1 amide bonds. The number of anilines is 1. The van der Waals surface area contributed by atoms with E-state index in [1.165, 1.54) is 5.56 Å². The summed E-state index contributed by atoms with van der Waals surface area (Å²) in [5.74, 6) is 1.07. The third-order valence-electron chi connectivity index (χ3n) is 4.18. The van der Waals surface area contributed by atoms with Crippen LogP contribution in [-0.4, -0.2) is 18.5 Å². The van der Waals surface area contributed by atoms with Crippen molar-refractivity contribution < 1.29 is 4.79 Å². The fourth-order valence-electron chi connectivity index (χ4n) is 2.54. The minimum Gasteiger partial charge on any atom is -0.325 e. The molecule has 3 nitrogen and oxygen atoms in total. The van der Waals surface area contributed by atoms with Crippen molar-refractivity contribution in [3.05, 3.63) is 29.8 Å². The van der Waals surface area contributed by atoms with Crippen molar-refractivity contribution in [1.29, 1.82) is 0 Å². The highest BCUT2D eigenvalue weighted by molar-refractivity contribution is 5.95. The number of rotatable bonds is 4. The molecular weight excluding hydrogens is 236 g/mol. The average molecular weight is 260 g/mol. The van der Waals surface area contributed by atoms with E-state index in [1.807, 2.05) is 12.1 Å². The van der Waals surface area contributed by atoms with Gasteiger partial charge in [0.25, 0.3) is 0 Å². The molecular formula is C16H24N2O. The molecule has 1 heterocycles. The van der Waals surface area contributed by atoms with Gasteiger partial charge in [-0.1, -0.05) is 32.9 Å². The van der Waals surface area contributed by atoms with Gasteiger partial charge < -0.3 is 10.6 Å². The van der Waals surface area contributed by atoms with Crippen LogP contribution in [0.3, 0.4) is 0 Å². The molecule has 0 radical (unpaired) electrons.